The van der Waals surface area contributed by atoms with Gasteiger partial charge in [-0.25, -0.2) is 14.3 Å². The number of fused-ring (bicyclic) bond motifs is 2. The van der Waals surface area contributed by atoms with Crippen molar-refractivity contribution in [3.8, 4) is 11.5 Å². The highest BCUT2D eigenvalue weighted by Crippen LogP contribution is 2.39. The van der Waals surface area contributed by atoms with E-state index in [0.29, 0.717) is 82.4 Å². The lowest BCUT2D eigenvalue weighted by Gasteiger charge is -2.47. The molecule has 2 aromatic carbocycles. The normalized spacial score (nSPS) is 17.4. The van der Waals surface area contributed by atoms with Gasteiger partial charge in [-0.3, -0.25) is 19.3 Å². The van der Waals surface area contributed by atoms with E-state index < -0.39 is 12.1 Å². The summed E-state index contributed by atoms with van der Waals surface area (Å²) in [6, 6.07) is 14.3. The highest BCUT2D eigenvalue weighted by Gasteiger charge is 2.42. The van der Waals surface area contributed by atoms with E-state index in [2.05, 4.69) is 54.8 Å². The molecule has 0 unspecified atom stereocenters. The molecule has 0 bridgehead atoms. The summed E-state index contributed by atoms with van der Waals surface area (Å²) in [4.78, 5) is 58.9. The number of aliphatic carboxylic acids is 1. The third kappa shape index (κ3) is 13.5. The van der Waals surface area contributed by atoms with Crippen LogP contribution in [0.5, 0.6) is 11.5 Å². The predicted molar refractivity (Wildman–Crippen MR) is 248 cm³/mol. The van der Waals surface area contributed by atoms with Crippen molar-refractivity contribution in [3.63, 3.8) is 0 Å². The molecule has 0 atom stereocenters. The molecule has 3 fully saturated rings. The molecule has 1 saturated carbocycles. The van der Waals surface area contributed by atoms with E-state index in [1.54, 1.807) is 16.8 Å². The number of anilines is 1. The number of carbonyl (C=O) groups excluding carboxylic acids is 3. The van der Waals surface area contributed by atoms with Crippen molar-refractivity contribution >= 4 is 35.0 Å². The maximum Gasteiger partial charge on any atom is 0.490 e. The first-order valence-corrected chi connectivity index (χ1v) is 23.8. The minimum Gasteiger partial charge on any atom is -0.506 e. The average molecular weight is 965 g/mol. The summed E-state index contributed by atoms with van der Waals surface area (Å²) >= 11 is 0. The largest absolute Gasteiger partial charge is 0.506 e. The maximum atomic E-state index is 13.7. The molecule has 1 aliphatic carbocycles. The Hall–Kier alpha value is -5.83. The van der Waals surface area contributed by atoms with E-state index in [9.17, 15) is 32.7 Å². The Morgan fingerprint density at radius 2 is 1.75 bits per heavy atom. The van der Waals surface area contributed by atoms with E-state index in [1.807, 2.05) is 30.9 Å². The molecule has 4 aliphatic rings. The minimum absolute atomic E-state index is 0.00646. The van der Waals surface area contributed by atoms with Crippen LogP contribution >= 0.6 is 0 Å². The first-order chi connectivity index (χ1) is 33.1. The quantitative estimate of drug-likeness (QED) is 0.0816. The Kier molecular flexibility index (Phi) is 17.1. The Labute approximate surface area is 399 Å². The van der Waals surface area contributed by atoms with Crippen molar-refractivity contribution in [2.24, 2.45) is 0 Å². The zero-order valence-electron chi connectivity index (χ0n) is 39.3. The number of aryl methyl sites for hydroxylation is 2. The predicted octanol–water partition coefficient (Wildman–Crippen LogP) is 5.47. The number of nitrogens with zero attached hydrogens (tertiary/aromatic N) is 6. The second kappa shape index (κ2) is 23.2. The fourth-order valence-corrected chi connectivity index (χ4v) is 9.58. The van der Waals surface area contributed by atoms with E-state index in [4.69, 9.17) is 24.1 Å². The van der Waals surface area contributed by atoms with Gasteiger partial charge in [0.25, 0.3) is 11.8 Å². The topological polar surface area (TPSA) is 200 Å². The number of hydrogen-bond donors (Lipinski definition) is 4. The van der Waals surface area contributed by atoms with Crippen molar-refractivity contribution in [2.75, 3.05) is 77.6 Å². The van der Waals surface area contributed by atoms with Crippen LogP contribution in [-0.4, -0.2) is 153 Å². The number of alkyl halides is 3. The SMILES string of the molecule is Cc1cc2ncc(C(=O)N3CCOC4(CCN(Cc5cccc(CCOCCC(=O)N(CCNCCc6ccc(O)c7c6OCC(=O)N7)C6CCCCC6)c5)CC4)C3)c(C)n2n1.O=C(O)C(F)(F)F. The summed E-state index contributed by atoms with van der Waals surface area (Å²) in [7, 11) is 0. The molecular weight excluding hydrogens is 902 g/mol. The molecule has 374 valence electrons. The van der Waals surface area contributed by atoms with Crippen LogP contribution in [0.25, 0.3) is 5.65 Å². The third-order valence-corrected chi connectivity index (χ3v) is 13.3. The van der Waals surface area contributed by atoms with E-state index in [-0.39, 0.29) is 41.7 Å². The molecule has 20 heteroatoms. The van der Waals surface area contributed by atoms with Gasteiger partial charge in [0.2, 0.25) is 5.91 Å². The molecule has 5 heterocycles. The Morgan fingerprint density at radius 1 is 1.00 bits per heavy atom. The van der Waals surface area contributed by atoms with Crippen LogP contribution in [0.3, 0.4) is 0 Å². The molecule has 1 spiro atoms. The number of halogens is 3. The minimum atomic E-state index is -5.08. The highest BCUT2D eigenvalue weighted by molar-refractivity contribution is 5.97. The summed E-state index contributed by atoms with van der Waals surface area (Å²) in [5.74, 6) is -2.39. The first kappa shape index (κ1) is 51.0. The van der Waals surface area contributed by atoms with Crippen molar-refractivity contribution in [1.82, 2.24) is 34.6 Å². The first-order valence-electron chi connectivity index (χ1n) is 23.8. The Balaban J connectivity index is 0.000000933. The lowest BCUT2D eigenvalue weighted by atomic mass is 9.88. The molecule has 8 rings (SSSR count). The molecular formula is C49H63F3N8O9. The average Bonchev–Trinajstić information content (AvgIpc) is 3.73. The number of phenolic OH excluding ortho intramolecular Hbond substituents is 1. The van der Waals surface area contributed by atoms with Crippen LogP contribution in [-0.2, 0) is 43.2 Å². The second-order valence-corrected chi connectivity index (χ2v) is 18.2. The molecule has 3 amide bonds. The van der Waals surface area contributed by atoms with Crippen LogP contribution in [0.15, 0.2) is 48.7 Å². The van der Waals surface area contributed by atoms with Gasteiger partial charge in [-0.15, -0.1) is 0 Å². The van der Waals surface area contributed by atoms with Crippen LogP contribution < -0.4 is 15.4 Å². The number of ether oxygens (including phenoxy) is 3. The molecule has 4 aromatic rings. The van der Waals surface area contributed by atoms with Gasteiger partial charge in [0.15, 0.2) is 18.0 Å². The number of piperidine rings is 1. The number of aromatic hydroxyl groups is 1. The number of phenols is 1. The Morgan fingerprint density at radius 3 is 2.51 bits per heavy atom. The number of nitrogens with one attached hydrogen (secondary N) is 2. The van der Waals surface area contributed by atoms with E-state index in [0.717, 1.165) is 87.2 Å². The number of carbonyl (C=O) groups is 4. The summed E-state index contributed by atoms with van der Waals surface area (Å²) in [6.45, 7) is 11.1. The van der Waals surface area contributed by atoms with Crippen LogP contribution in [0, 0.1) is 13.8 Å². The third-order valence-electron chi connectivity index (χ3n) is 13.3. The van der Waals surface area contributed by atoms with Gasteiger partial charge in [0.05, 0.1) is 55.3 Å². The number of benzene rings is 2. The zero-order chi connectivity index (χ0) is 49.1. The number of hydrogen-bond acceptors (Lipinski definition) is 12. The summed E-state index contributed by atoms with van der Waals surface area (Å²) in [5.41, 5.74) is 6.41. The lowest BCUT2D eigenvalue weighted by molar-refractivity contribution is -0.192. The van der Waals surface area contributed by atoms with Crippen LogP contribution in [0.2, 0.25) is 0 Å². The van der Waals surface area contributed by atoms with Gasteiger partial charge >= 0.3 is 12.1 Å². The standard InChI is InChI=1S/C47H62N8O7.C2HF3O2/c1-33-27-41-49-29-39(34(2)55(41)51-33)46(59)53-23-26-62-47(32-53)16-20-52(21-17-47)30-36-8-6-7-35(28-36)14-24-60-25-15-43(58)54(38-9-4-3-5-10-38)22-19-48-18-13-37-11-12-40(56)44-45(37)61-31-42(57)50-44;3-2(4,5)1(6)7/h6-8,11-12,27-29,38,48,56H,3-5,9-10,13-26,30-32H2,1-2H3,(H,50,57);(H,6,7). The lowest BCUT2D eigenvalue weighted by Crippen LogP contribution is -2.58. The van der Waals surface area contributed by atoms with Crippen molar-refractivity contribution in [1.29, 1.82) is 0 Å². The number of rotatable bonds is 16. The number of carboxylic acids is 1. The second-order valence-electron chi connectivity index (χ2n) is 18.2. The molecule has 2 saturated heterocycles. The number of likely N-dealkylation sites (tertiary alicyclic amines) is 1. The highest BCUT2D eigenvalue weighted by atomic mass is 19.4. The number of morpholine rings is 1. The van der Waals surface area contributed by atoms with Gasteiger partial charge in [-0.05, 0) is 81.7 Å². The smallest absolute Gasteiger partial charge is 0.490 e. The molecule has 2 aromatic heterocycles. The van der Waals surface area contributed by atoms with E-state index in [1.165, 1.54) is 17.5 Å². The fourth-order valence-electron chi connectivity index (χ4n) is 9.58. The van der Waals surface area contributed by atoms with E-state index >= 15 is 0 Å². The van der Waals surface area contributed by atoms with Gasteiger partial charge in [0.1, 0.15) is 11.4 Å². The monoisotopic (exact) mass is 964 g/mol. The number of amides is 3. The Bertz CT molecular complexity index is 2430. The zero-order valence-corrected chi connectivity index (χ0v) is 39.3. The molecule has 3 aliphatic heterocycles. The number of carboxylic acid groups (broad SMARTS) is 1. The van der Waals surface area contributed by atoms with Gasteiger partial charge in [-0.1, -0.05) is 49.6 Å². The maximum absolute atomic E-state index is 13.7. The summed E-state index contributed by atoms with van der Waals surface area (Å²) in [6.07, 6.45) is 5.75. The molecule has 0 radical (unpaired) electrons. The molecule has 69 heavy (non-hydrogen) atoms. The summed E-state index contributed by atoms with van der Waals surface area (Å²) in [5, 5.41) is 28.0. The molecule has 4 N–H and O–H groups in total. The number of aromatic nitrogens is 3. The fraction of sp³-hybridized carbons (Fsp3) is 0.551. The van der Waals surface area contributed by atoms with Gasteiger partial charge < -0.3 is 44.9 Å². The van der Waals surface area contributed by atoms with Gasteiger partial charge in [-0.2, -0.15) is 18.3 Å². The van der Waals surface area contributed by atoms with Crippen LogP contribution in [0.4, 0.5) is 18.9 Å². The van der Waals surface area contributed by atoms with Crippen molar-refractivity contribution in [3.05, 3.63) is 82.3 Å². The van der Waals surface area contributed by atoms with Gasteiger partial charge in [0, 0.05) is 57.6 Å². The van der Waals surface area contributed by atoms with Crippen molar-refractivity contribution < 1.29 is 56.8 Å². The summed E-state index contributed by atoms with van der Waals surface area (Å²) < 4.78 is 51.6. The van der Waals surface area contributed by atoms with Crippen molar-refractivity contribution in [2.45, 2.75) is 102 Å². The molecule has 17 nitrogen and oxygen atoms in total. The van der Waals surface area contributed by atoms with Crippen LogP contribution in [0.1, 0.15) is 89.8 Å².